The van der Waals surface area contributed by atoms with Crippen LogP contribution in [0.5, 0.6) is 0 Å². The Bertz CT molecular complexity index is 489. The highest BCUT2D eigenvalue weighted by atomic mass is 19.1. The number of nitrogens with zero attached hydrogens (tertiary/aromatic N) is 1. The molecule has 0 aliphatic rings. The van der Waals surface area contributed by atoms with Gasteiger partial charge in [0.1, 0.15) is 17.7 Å². The summed E-state index contributed by atoms with van der Waals surface area (Å²) in [6.07, 6.45) is 2.04. The predicted octanol–water partition coefficient (Wildman–Crippen LogP) is 2.02. The fourth-order valence-electron chi connectivity index (χ4n) is 1.00. The number of hydrogen-bond acceptors (Lipinski definition) is 3. The lowest BCUT2D eigenvalue weighted by Gasteiger charge is -1.99. The number of carbonyl (C=O) groups is 1. The number of hydrogen-bond donors (Lipinski definition) is 0. The van der Waals surface area contributed by atoms with Gasteiger partial charge in [0.15, 0.2) is 0 Å². The van der Waals surface area contributed by atoms with E-state index in [0.29, 0.717) is 0 Å². The molecule has 0 spiro atoms. The fraction of sp³-hybridized carbons (Fsp3) is 0.0909. The molecular formula is C11H7F2NO2. The first-order valence-corrected chi connectivity index (χ1v) is 4.23. The number of ether oxygens (including phenoxy) is 1. The summed E-state index contributed by atoms with van der Waals surface area (Å²) in [7, 11) is 1.17. The molecule has 0 amide bonds. The Hall–Kier alpha value is -2.22. The maximum absolute atomic E-state index is 13.3. The van der Waals surface area contributed by atoms with Gasteiger partial charge in [-0.25, -0.2) is 13.6 Å². The summed E-state index contributed by atoms with van der Waals surface area (Å²) < 4.78 is 30.6. The molecule has 0 unspecified atom stereocenters. The van der Waals surface area contributed by atoms with Gasteiger partial charge in [0, 0.05) is 11.6 Å². The van der Waals surface area contributed by atoms with E-state index in [1.807, 2.05) is 0 Å². The average Bonchev–Trinajstić information content (AvgIpc) is 2.29. The molecule has 82 valence electrons. The molecule has 5 heteroatoms. The van der Waals surface area contributed by atoms with E-state index >= 15 is 0 Å². The highest BCUT2D eigenvalue weighted by molar-refractivity contribution is 5.86. The zero-order valence-corrected chi connectivity index (χ0v) is 8.33. The van der Waals surface area contributed by atoms with Crippen LogP contribution in [0.15, 0.2) is 18.2 Å². The van der Waals surface area contributed by atoms with E-state index in [1.165, 1.54) is 13.2 Å². The Morgan fingerprint density at radius 1 is 1.44 bits per heavy atom. The Balaban J connectivity index is 3.08. The van der Waals surface area contributed by atoms with Crippen LogP contribution in [0, 0.1) is 23.0 Å². The standard InChI is InChI=1S/C11H7F2NO2/c1-16-11(15)3-2-7-4-10(13)8(6-14)5-9(7)12/h2-5H,1H3. The van der Waals surface area contributed by atoms with Gasteiger partial charge in [-0.2, -0.15) is 5.26 Å². The SMILES string of the molecule is COC(=O)C=Cc1cc(F)c(C#N)cc1F. The molecule has 0 saturated heterocycles. The normalized spacial score (nSPS) is 10.1. The zero-order chi connectivity index (χ0) is 12.1. The second-order valence-electron chi connectivity index (χ2n) is 2.82. The summed E-state index contributed by atoms with van der Waals surface area (Å²) in [5.41, 5.74) is -0.505. The number of rotatable bonds is 2. The van der Waals surface area contributed by atoms with E-state index in [0.717, 1.165) is 24.3 Å². The Labute approximate surface area is 90.6 Å². The van der Waals surface area contributed by atoms with E-state index < -0.39 is 17.6 Å². The van der Waals surface area contributed by atoms with Crippen molar-refractivity contribution in [2.75, 3.05) is 7.11 Å². The number of esters is 1. The van der Waals surface area contributed by atoms with Gasteiger partial charge in [0.25, 0.3) is 0 Å². The van der Waals surface area contributed by atoms with Crippen molar-refractivity contribution in [2.45, 2.75) is 0 Å². The largest absolute Gasteiger partial charge is 0.466 e. The lowest BCUT2D eigenvalue weighted by molar-refractivity contribution is -0.134. The number of halogens is 2. The summed E-state index contributed by atoms with van der Waals surface area (Å²) in [6, 6.07) is 3.12. The van der Waals surface area contributed by atoms with Crippen molar-refractivity contribution in [1.82, 2.24) is 0 Å². The molecule has 0 fully saturated rings. The highest BCUT2D eigenvalue weighted by Crippen LogP contribution is 2.15. The van der Waals surface area contributed by atoms with Crippen molar-refractivity contribution in [3.63, 3.8) is 0 Å². The minimum Gasteiger partial charge on any atom is -0.466 e. The van der Waals surface area contributed by atoms with Gasteiger partial charge in [-0.05, 0) is 18.2 Å². The van der Waals surface area contributed by atoms with Crippen molar-refractivity contribution in [3.05, 3.63) is 41.0 Å². The van der Waals surface area contributed by atoms with Gasteiger partial charge in [-0.3, -0.25) is 0 Å². The monoisotopic (exact) mass is 223 g/mol. The molecule has 0 aliphatic heterocycles. The molecule has 3 nitrogen and oxygen atoms in total. The number of benzene rings is 1. The molecule has 1 aromatic carbocycles. The number of carbonyl (C=O) groups excluding carboxylic acids is 1. The van der Waals surface area contributed by atoms with Crippen molar-refractivity contribution in [2.24, 2.45) is 0 Å². The first-order chi connectivity index (χ1) is 7.58. The zero-order valence-electron chi connectivity index (χ0n) is 8.33. The summed E-state index contributed by atoms with van der Waals surface area (Å²) in [4.78, 5) is 10.7. The first kappa shape index (κ1) is 11.9. The minimum atomic E-state index is -0.839. The fourth-order valence-corrected chi connectivity index (χ4v) is 1.00. The lowest BCUT2D eigenvalue weighted by atomic mass is 10.1. The summed E-state index contributed by atoms with van der Waals surface area (Å²) in [6.45, 7) is 0. The molecule has 1 aromatic rings. The van der Waals surface area contributed by atoms with E-state index in [2.05, 4.69) is 4.74 Å². The van der Waals surface area contributed by atoms with Crippen molar-refractivity contribution < 1.29 is 18.3 Å². The number of methoxy groups -OCH3 is 1. The molecule has 0 radical (unpaired) electrons. The molecular weight excluding hydrogens is 216 g/mol. The minimum absolute atomic E-state index is 0.123. The first-order valence-electron chi connectivity index (χ1n) is 4.23. The van der Waals surface area contributed by atoms with E-state index in [9.17, 15) is 13.6 Å². The highest BCUT2D eigenvalue weighted by Gasteiger charge is 2.07. The average molecular weight is 223 g/mol. The van der Waals surface area contributed by atoms with E-state index in [1.54, 1.807) is 0 Å². The molecule has 0 aromatic heterocycles. The maximum Gasteiger partial charge on any atom is 0.330 e. The predicted molar refractivity (Wildman–Crippen MR) is 52.1 cm³/mol. The van der Waals surface area contributed by atoms with Gasteiger partial charge in [0.2, 0.25) is 0 Å². The molecule has 1 rings (SSSR count). The van der Waals surface area contributed by atoms with Crippen LogP contribution < -0.4 is 0 Å². The molecule has 0 saturated carbocycles. The van der Waals surface area contributed by atoms with Crippen molar-refractivity contribution >= 4 is 12.0 Å². The topological polar surface area (TPSA) is 50.1 Å². The van der Waals surface area contributed by atoms with Gasteiger partial charge >= 0.3 is 5.97 Å². The maximum atomic E-state index is 13.3. The molecule has 0 heterocycles. The van der Waals surface area contributed by atoms with Gasteiger partial charge in [0.05, 0.1) is 12.7 Å². The third-order valence-corrected chi connectivity index (χ3v) is 1.81. The van der Waals surface area contributed by atoms with Gasteiger partial charge in [-0.1, -0.05) is 0 Å². The van der Waals surface area contributed by atoms with Crippen LogP contribution in [0.25, 0.3) is 6.08 Å². The summed E-state index contributed by atoms with van der Waals surface area (Å²) in [5.74, 6) is -2.30. The van der Waals surface area contributed by atoms with Crippen LogP contribution >= 0.6 is 0 Å². The Kier molecular flexibility index (Phi) is 3.72. The van der Waals surface area contributed by atoms with Crippen molar-refractivity contribution in [1.29, 1.82) is 5.26 Å². The Morgan fingerprint density at radius 3 is 2.69 bits per heavy atom. The summed E-state index contributed by atoms with van der Waals surface area (Å²) >= 11 is 0. The molecule has 0 bridgehead atoms. The van der Waals surface area contributed by atoms with Crippen LogP contribution in [-0.4, -0.2) is 13.1 Å². The summed E-state index contributed by atoms with van der Waals surface area (Å²) in [5, 5.41) is 8.44. The molecule has 0 aliphatic carbocycles. The lowest BCUT2D eigenvalue weighted by Crippen LogP contribution is -1.95. The van der Waals surface area contributed by atoms with Crippen LogP contribution in [0.4, 0.5) is 8.78 Å². The number of nitriles is 1. The van der Waals surface area contributed by atoms with Crippen molar-refractivity contribution in [3.8, 4) is 6.07 Å². The second-order valence-corrected chi connectivity index (χ2v) is 2.82. The van der Waals surface area contributed by atoms with Crippen LogP contribution in [-0.2, 0) is 9.53 Å². The third-order valence-electron chi connectivity index (χ3n) is 1.81. The van der Waals surface area contributed by atoms with E-state index in [4.69, 9.17) is 5.26 Å². The smallest absolute Gasteiger partial charge is 0.330 e. The Morgan fingerprint density at radius 2 is 2.12 bits per heavy atom. The second kappa shape index (κ2) is 5.03. The van der Waals surface area contributed by atoms with Gasteiger partial charge < -0.3 is 4.74 Å². The third kappa shape index (κ3) is 2.64. The van der Waals surface area contributed by atoms with Crippen LogP contribution in [0.1, 0.15) is 11.1 Å². The van der Waals surface area contributed by atoms with Gasteiger partial charge in [-0.15, -0.1) is 0 Å². The quantitative estimate of drug-likeness (QED) is 0.569. The molecule has 16 heavy (non-hydrogen) atoms. The van der Waals surface area contributed by atoms with Crippen LogP contribution in [0.2, 0.25) is 0 Å². The molecule has 0 N–H and O–H groups in total. The molecule has 0 atom stereocenters. The van der Waals surface area contributed by atoms with Crippen LogP contribution in [0.3, 0.4) is 0 Å². The van der Waals surface area contributed by atoms with E-state index in [-0.39, 0.29) is 11.1 Å².